The van der Waals surface area contributed by atoms with Crippen LogP contribution in [0.3, 0.4) is 0 Å². The first kappa shape index (κ1) is 11.3. The van der Waals surface area contributed by atoms with Gasteiger partial charge in [-0.1, -0.05) is 0 Å². The quantitative estimate of drug-likeness (QED) is 0.906. The number of aryl methyl sites for hydroxylation is 1. The number of thiophene rings is 2. The molecule has 2 aromatic rings. The first-order valence-corrected chi connectivity index (χ1v) is 7.24. The van der Waals surface area contributed by atoms with E-state index in [0.717, 1.165) is 10.9 Å². The molecule has 0 aromatic carbocycles. The van der Waals surface area contributed by atoms with Crippen molar-refractivity contribution in [2.75, 3.05) is 0 Å². The van der Waals surface area contributed by atoms with Crippen molar-refractivity contribution in [3.63, 3.8) is 0 Å². The SMILES string of the molecule is Cc1ccsc1C(N)Cc1cc(Br)cs1. The molecule has 0 amide bonds. The Morgan fingerprint density at radius 2 is 2.27 bits per heavy atom. The number of nitrogens with two attached hydrogens (primary N) is 1. The van der Waals surface area contributed by atoms with Gasteiger partial charge in [0.05, 0.1) is 0 Å². The monoisotopic (exact) mass is 301 g/mol. The maximum Gasteiger partial charge on any atom is 0.0441 e. The highest BCUT2D eigenvalue weighted by Gasteiger charge is 2.12. The summed E-state index contributed by atoms with van der Waals surface area (Å²) in [6.07, 6.45) is 0.928. The van der Waals surface area contributed by atoms with Crippen molar-refractivity contribution < 1.29 is 0 Å². The molecule has 80 valence electrons. The highest BCUT2D eigenvalue weighted by atomic mass is 79.9. The van der Waals surface area contributed by atoms with Gasteiger partial charge in [-0.15, -0.1) is 22.7 Å². The zero-order chi connectivity index (χ0) is 10.8. The summed E-state index contributed by atoms with van der Waals surface area (Å²) in [5, 5.41) is 4.21. The predicted octanol–water partition coefficient (Wildman–Crippen LogP) is 4.12. The summed E-state index contributed by atoms with van der Waals surface area (Å²) in [6.45, 7) is 2.12. The normalized spacial score (nSPS) is 13.0. The van der Waals surface area contributed by atoms with Crippen LogP contribution in [0.25, 0.3) is 0 Å². The van der Waals surface area contributed by atoms with E-state index in [9.17, 15) is 0 Å². The second kappa shape index (κ2) is 4.78. The van der Waals surface area contributed by atoms with Gasteiger partial charge in [0.25, 0.3) is 0 Å². The van der Waals surface area contributed by atoms with Crippen LogP contribution in [0, 0.1) is 6.92 Å². The number of hydrogen-bond donors (Lipinski definition) is 1. The number of halogens is 1. The zero-order valence-corrected chi connectivity index (χ0v) is 11.6. The lowest BCUT2D eigenvalue weighted by Gasteiger charge is -2.09. The standard InChI is InChI=1S/C11H12BrNS2/c1-7-2-3-14-11(7)10(13)5-9-4-8(12)6-15-9/h2-4,6,10H,5,13H2,1H3. The van der Waals surface area contributed by atoms with E-state index >= 15 is 0 Å². The van der Waals surface area contributed by atoms with Crippen molar-refractivity contribution in [3.8, 4) is 0 Å². The van der Waals surface area contributed by atoms with Crippen LogP contribution in [0.1, 0.15) is 21.4 Å². The summed E-state index contributed by atoms with van der Waals surface area (Å²) in [5.41, 5.74) is 7.49. The van der Waals surface area contributed by atoms with E-state index < -0.39 is 0 Å². The van der Waals surface area contributed by atoms with Gasteiger partial charge in [0, 0.05) is 32.1 Å². The molecule has 2 N–H and O–H groups in total. The van der Waals surface area contributed by atoms with Gasteiger partial charge in [0.2, 0.25) is 0 Å². The highest BCUT2D eigenvalue weighted by molar-refractivity contribution is 9.10. The summed E-state index contributed by atoms with van der Waals surface area (Å²) in [6, 6.07) is 4.41. The molecule has 0 saturated carbocycles. The third-order valence-corrected chi connectivity index (χ3v) is 5.15. The molecule has 1 atom stereocenters. The lowest BCUT2D eigenvalue weighted by atomic mass is 10.1. The molecule has 0 fully saturated rings. The van der Waals surface area contributed by atoms with Crippen LogP contribution >= 0.6 is 38.6 Å². The maximum atomic E-state index is 6.18. The number of hydrogen-bond acceptors (Lipinski definition) is 3. The van der Waals surface area contributed by atoms with Gasteiger partial charge in [0.1, 0.15) is 0 Å². The fourth-order valence-electron chi connectivity index (χ4n) is 1.53. The summed E-state index contributed by atoms with van der Waals surface area (Å²) in [7, 11) is 0. The van der Waals surface area contributed by atoms with Crippen molar-refractivity contribution >= 4 is 38.6 Å². The molecular weight excluding hydrogens is 290 g/mol. The molecule has 0 spiro atoms. The van der Waals surface area contributed by atoms with E-state index in [1.165, 1.54) is 15.3 Å². The first-order chi connectivity index (χ1) is 7.16. The molecule has 1 nitrogen and oxygen atoms in total. The topological polar surface area (TPSA) is 26.0 Å². The smallest absolute Gasteiger partial charge is 0.0441 e. The molecule has 0 saturated heterocycles. The minimum absolute atomic E-state index is 0.135. The molecule has 15 heavy (non-hydrogen) atoms. The Kier molecular flexibility index (Phi) is 3.61. The Labute approximate surface area is 106 Å². The lowest BCUT2D eigenvalue weighted by Crippen LogP contribution is -2.12. The lowest BCUT2D eigenvalue weighted by molar-refractivity contribution is 0.740. The molecule has 4 heteroatoms. The van der Waals surface area contributed by atoms with Crippen molar-refractivity contribution in [3.05, 3.63) is 42.7 Å². The Balaban J connectivity index is 2.10. The fourth-order valence-corrected chi connectivity index (χ4v) is 3.98. The molecular formula is C11H12BrNS2. The van der Waals surface area contributed by atoms with Gasteiger partial charge in [0.15, 0.2) is 0 Å². The molecule has 2 heterocycles. The van der Waals surface area contributed by atoms with E-state index in [2.05, 4.69) is 45.7 Å². The summed E-state index contributed by atoms with van der Waals surface area (Å²) in [4.78, 5) is 2.64. The maximum absolute atomic E-state index is 6.18. The molecule has 2 rings (SSSR count). The second-order valence-electron chi connectivity index (χ2n) is 3.51. The molecule has 0 aliphatic heterocycles. The number of rotatable bonds is 3. The Morgan fingerprint density at radius 1 is 1.47 bits per heavy atom. The third kappa shape index (κ3) is 2.69. The van der Waals surface area contributed by atoms with E-state index in [0.29, 0.717) is 0 Å². The van der Waals surface area contributed by atoms with Gasteiger partial charge in [-0.3, -0.25) is 0 Å². The van der Waals surface area contributed by atoms with Gasteiger partial charge in [-0.2, -0.15) is 0 Å². The summed E-state index contributed by atoms with van der Waals surface area (Å²) < 4.78 is 1.15. The van der Waals surface area contributed by atoms with Crippen molar-refractivity contribution in [2.45, 2.75) is 19.4 Å². The summed E-state index contributed by atoms with van der Waals surface area (Å²) >= 11 is 6.97. The van der Waals surface area contributed by atoms with Gasteiger partial charge in [-0.25, -0.2) is 0 Å². The van der Waals surface area contributed by atoms with Gasteiger partial charge < -0.3 is 5.73 Å². The van der Waals surface area contributed by atoms with E-state index in [1.54, 1.807) is 22.7 Å². The van der Waals surface area contributed by atoms with Crippen molar-refractivity contribution in [2.24, 2.45) is 5.73 Å². The first-order valence-electron chi connectivity index (χ1n) is 4.69. The highest BCUT2D eigenvalue weighted by Crippen LogP contribution is 2.28. The molecule has 0 aliphatic carbocycles. The fraction of sp³-hybridized carbons (Fsp3) is 0.273. The molecule has 0 aliphatic rings. The van der Waals surface area contributed by atoms with Gasteiger partial charge >= 0.3 is 0 Å². The third-order valence-electron chi connectivity index (χ3n) is 2.28. The average molecular weight is 302 g/mol. The average Bonchev–Trinajstić information content (AvgIpc) is 2.75. The zero-order valence-electron chi connectivity index (χ0n) is 8.37. The molecule has 0 radical (unpaired) electrons. The predicted molar refractivity (Wildman–Crippen MR) is 71.7 cm³/mol. The van der Waals surface area contributed by atoms with Crippen LogP contribution in [-0.2, 0) is 6.42 Å². The summed E-state index contributed by atoms with van der Waals surface area (Å²) in [5.74, 6) is 0. The minimum Gasteiger partial charge on any atom is -0.323 e. The molecule has 0 bridgehead atoms. The van der Waals surface area contributed by atoms with Crippen LogP contribution in [0.2, 0.25) is 0 Å². The van der Waals surface area contributed by atoms with Crippen molar-refractivity contribution in [1.29, 1.82) is 0 Å². The van der Waals surface area contributed by atoms with Crippen LogP contribution < -0.4 is 5.73 Å². The Hall–Kier alpha value is -0.160. The van der Waals surface area contributed by atoms with Crippen LogP contribution in [0.15, 0.2) is 27.4 Å². The van der Waals surface area contributed by atoms with E-state index in [4.69, 9.17) is 5.73 Å². The van der Waals surface area contributed by atoms with E-state index in [1.807, 2.05) is 0 Å². The molecule has 2 aromatic heterocycles. The second-order valence-corrected chi connectivity index (χ2v) is 6.37. The van der Waals surface area contributed by atoms with E-state index in [-0.39, 0.29) is 6.04 Å². The Bertz CT molecular complexity index is 447. The van der Waals surface area contributed by atoms with Crippen molar-refractivity contribution in [1.82, 2.24) is 0 Å². The van der Waals surface area contributed by atoms with Gasteiger partial charge in [-0.05, 0) is 45.9 Å². The van der Waals surface area contributed by atoms with Crippen LogP contribution in [0.4, 0.5) is 0 Å². The Morgan fingerprint density at radius 3 is 2.80 bits per heavy atom. The minimum atomic E-state index is 0.135. The van der Waals surface area contributed by atoms with Crippen LogP contribution in [0.5, 0.6) is 0 Å². The largest absolute Gasteiger partial charge is 0.323 e. The molecule has 1 unspecified atom stereocenters. The van der Waals surface area contributed by atoms with Crippen LogP contribution in [-0.4, -0.2) is 0 Å².